The molecule has 0 N–H and O–H groups in total. The predicted octanol–water partition coefficient (Wildman–Crippen LogP) is -0.523. The van der Waals surface area contributed by atoms with Crippen LogP contribution < -0.4 is 0 Å². The van der Waals surface area contributed by atoms with Gasteiger partial charge >= 0.3 is 5.97 Å². The molecule has 0 radical (unpaired) electrons. The molecule has 0 saturated carbocycles. The third kappa shape index (κ3) is 1.09. The monoisotopic (exact) mass is 130 g/mol. The fourth-order valence-corrected chi connectivity index (χ4v) is 1.40. The molecule has 0 amide bonds. The first-order valence-corrected chi connectivity index (χ1v) is 4.13. The second-order valence-corrected chi connectivity index (χ2v) is 3.60. The maximum Gasteiger partial charge on any atom is 0.305 e. The molecule has 8 heavy (non-hydrogen) atoms. The van der Waals surface area contributed by atoms with E-state index in [4.69, 9.17) is 4.74 Å². The molecule has 3 heteroatoms. The van der Waals surface area contributed by atoms with Crippen molar-refractivity contribution in [1.29, 1.82) is 0 Å². The minimum absolute atomic E-state index is 0.0305. The van der Waals surface area contributed by atoms with Crippen LogP contribution in [0.4, 0.5) is 0 Å². The van der Waals surface area contributed by atoms with E-state index in [1.807, 2.05) is 0 Å². The van der Waals surface area contributed by atoms with Crippen LogP contribution in [0.3, 0.4) is 0 Å². The Bertz CT molecular complexity index is 103. The van der Waals surface area contributed by atoms with Crippen LogP contribution >= 0.6 is 0 Å². The predicted molar refractivity (Wildman–Crippen MR) is 33.9 cm³/mol. The van der Waals surface area contributed by atoms with Crippen molar-refractivity contribution in [2.45, 2.75) is 18.4 Å². The van der Waals surface area contributed by atoms with Crippen LogP contribution in [0.1, 0.15) is 12.8 Å². The topological polar surface area (TPSA) is 26.3 Å². The van der Waals surface area contributed by atoms with Gasteiger partial charge in [-0.1, -0.05) is 0 Å². The van der Waals surface area contributed by atoms with Gasteiger partial charge in [-0.15, -0.1) is 0 Å². The van der Waals surface area contributed by atoms with Gasteiger partial charge in [-0.25, -0.2) is 0 Å². The molecule has 1 aliphatic heterocycles. The lowest BCUT2D eigenvalue weighted by atomic mass is 10.2. The van der Waals surface area contributed by atoms with Gasteiger partial charge in [0, 0.05) is 15.8 Å². The van der Waals surface area contributed by atoms with Gasteiger partial charge in [0.15, 0.2) is 0 Å². The standard InChI is InChI=1S/C5H10O2Si/c6-5-4(8)2-1-3-7-5/h4H,1-3H2,8H3. The molecule has 1 saturated heterocycles. The molecule has 1 atom stereocenters. The molecule has 0 spiro atoms. The van der Waals surface area contributed by atoms with E-state index >= 15 is 0 Å². The van der Waals surface area contributed by atoms with Crippen LogP contribution in [-0.4, -0.2) is 22.8 Å². The van der Waals surface area contributed by atoms with E-state index in [1.165, 1.54) is 0 Å². The number of hydrogen-bond acceptors (Lipinski definition) is 2. The SMILES string of the molecule is O=C1OCCCC1[SiH3]. The van der Waals surface area contributed by atoms with Gasteiger partial charge in [0.25, 0.3) is 0 Å². The molecule has 2 nitrogen and oxygen atoms in total. The second kappa shape index (κ2) is 2.30. The highest BCUT2D eigenvalue weighted by atomic mass is 28.1. The molecule has 1 aliphatic rings. The third-order valence-corrected chi connectivity index (χ3v) is 2.48. The number of rotatable bonds is 0. The lowest BCUT2D eigenvalue weighted by molar-refractivity contribution is -0.146. The summed E-state index contributed by atoms with van der Waals surface area (Å²) in [7, 11) is 0.960. The second-order valence-electron chi connectivity index (χ2n) is 2.21. The summed E-state index contributed by atoms with van der Waals surface area (Å²) in [6.07, 6.45) is 2.13. The Morgan fingerprint density at radius 1 is 1.75 bits per heavy atom. The summed E-state index contributed by atoms with van der Waals surface area (Å²) in [5, 5.41) is 0. The van der Waals surface area contributed by atoms with Crippen LogP contribution in [0.15, 0.2) is 0 Å². The van der Waals surface area contributed by atoms with Crippen LogP contribution in [0, 0.1) is 0 Å². The molecule has 1 fully saturated rings. The smallest absolute Gasteiger partial charge is 0.305 e. The first-order valence-electron chi connectivity index (χ1n) is 2.97. The van der Waals surface area contributed by atoms with Gasteiger partial charge in [-0.05, 0) is 12.8 Å². The highest BCUT2D eigenvalue weighted by molar-refractivity contribution is 6.22. The maximum absolute atomic E-state index is 10.6. The highest BCUT2D eigenvalue weighted by Crippen LogP contribution is 2.15. The summed E-state index contributed by atoms with van der Waals surface area (Å²) in [6, 6.07) is 0. The van der Waals surface area contributed by atoms with Crippen molar-refractivity contribution in [1.82, 2.24) is 0 Å². The zero-order chi connectivity index (χ0) is 5.98. The number of ether oxygens (including phenoxy) is 1. The average molecular weight is 130 g/mol. The first-order chi connectivity index (χ1) is 3.80. The molecule has 0 bridgehead atoms. The molecule has 0 aromatic heterocycles. The van der Waals surface area contributed by atoms with E-state index in [2.05, 4.69) is 0 Å². The molecule has 0 aliphatic carbocycles. The van der Waals surface area contributed by atoms with E-state index < -0.39 is 0 Å². The molecule has 1 unspecified atom stereocenters. The molecule has 0 aromatic carbocycles. The Morgan fingerprint density at radius 2 is 2.50 bits per heavy atom. The van der Waals surface area contributed by atoms with E-state index in [1.54, 1.807) is 0 Å². The minimum Gasteiger partial charge on any atom is -0.466 e. The van der Waals surface area contributed by atoms with Crippen molar-refractivity contribution in [3.05, 3.63) is 0 Å². The zero-order valence-electron chi connectivity index (χ0n) is 5.02. The van der Waals surface area contributed by atoms with Gasteiger partial charge in [-0.2, -0.15) is 0 Å². The minimum atomic E-state index is 0.0305. The number of cyclic esters (lactones) is 1. The quantitative estimate of drug-likeness (QED) is 0.326. The summed E-state index contributed by atoms with van der Waals surface area (Å²) in [4.78, 5) is 10.6. The fourth-order valence-electron chi connectivity index (χ4n) is 0.822. The Balaban J connectivity index is 2.39. The largest absolute Gasteiger partial charge is 0.466 e. The van der Waals surface area contributed by atoms with E-state index in [9.17, 15) is 4.79 Å². The Kier molecular flexibility index (Phi) is 1.68. The number of esters is 1. The van der Waals surface area contributed by atoms with Crippen LogP contribution in [0.5, 0.6) is 0 Å². The fraction of sp³-hybridized carbons (Fsp3) is 0.800. The van der Waals surface area contributed by atoms with E-state index in [0.717, 1.165) is 23.1 Å². The van der Waals surface area contributed by atoms with E-state index in [0.29, 0.717) is 6.61 Å². The summed E-state index contributed by atoms with van der Waals surface area (Å²) in [6.45, 7) is 0.650. The van der Waals surface area contributed by atoms with Crippen molar-refractivity contribution in [3.63, 3.8) is 0 Å². The number of hydrogen-bond donors (Lipinski definition) is 0. The van der Waals surface area contributed by atoms with Crippen molar-refractivity contribution in [2.75, 3.05) is 6.61 Å². The summed E-state index contributed by atoms with van der Waals surface area (Å²) >= 11 is 0. The summed E-state index contributed by atoms with van der Waals surface area (Å²) in [5.74, 6) is 0.0305. The Hall–Kier alpha value is -0.313. The van der Waals surface area contributed by atoms with E-state index in [-0.39, 0.29) is 11.5 Å². The lowest BCUT2D eigenvalue weighted by Gasteiger charge is -2.15. The zero-order valence-corrected chi connectivity index (χ0v) is 7.02. The normalized spacial score (nSPS) is 30.0. The molecular formula is C5H10O2Si. The summed E-state index contributed by atoms with van der Waals surface area (Å²) < 4.78 is 4.79. The third-order valence-electron chi connectivity index (χ3n) is 1.43. The van der Waals surface area contributed by atoms with Gasteiger partial charge in [0.2, 0.25) is 0 Å². The molecule has 1 heterocycles. The van der Waals surface area contributed by atoms with Crippen LogP contribution in [-0.2, 0) is 9.53 Å². The molecule has 46 valence electrons. The van der Waals surface area contributed by atoms with Crippen molar-refractivity contribution < 1.29 is 9.53 Å². The maximum atomic E-state index is 10.6. The van der Waals surface area contributed by atoms with Crippen LogP contribution in [0.2, 0.25) is 5.54 Å². The first kappa shape index (κ1) is 5.82. The number of carbonyl (C=O) groups excluding carboxylic acids is 1. The molecule has 1 rings (SSSR count). The van der Waals surface area contributed by atoms with Crippen LogP contribution in [0.25, 0.3) is 0 Å². The Morgan fingerprint density at radius 3 is 2.88 bits per heavy atom. The lowest BCUT2D eigenvalue weighted by Crippen LogP contribution is -2.19. The highest BCUT2D eigenvalue weighted by Gasteiger charge is 2.17. The average Bonchev–Trinajstić information content (AvgIpc) is 1.77. The van der Waals surface area contributed by atoms with Crippen molar-refractivity contribution in [2.24, 2.45) is 0 Å². The van der Waals surface area contributed by atoms with Gasteiger partial charge in [-0.3, -0.25) is 4.79 Å². The summed E-state index contributed by atoms with van der Waals surface area (Å²) in [5.41, 5.74) is 0.281. The number of carbonyl (C=O) groups is 1. The van der Waals surface area contributed by atoms with Gasteiger partial charge < -0.3 is 4.74 Å². The molecular weight excluding hydrogens is 120 g/mol. The van der Waals surface area contributed by atoms with Crippen molar-refractivity contribution in [3.8, 4) is 0 Å². The van der Waals surface area contributed by atoms with Gasteiger partial charge in [0.1, 0.15) is 0 Å². The van der Waals surface area contributed by atoms with Crippen molar-refractivity contribution >= 4 is 16.2 Å². The van der Waals surface area contributed by atoms with Gasteiger partial charge in [0.05, 0.1) is 6.61 Å². The molecule has 0 aromatic rings. The Labute approximate surface area is 51.6 Å².